The van der Waals surface area contributed by atoms with Crippen LogP contribution < -0.4 is 5.32 Å². The molecule has 1 amide bonds. The molecule has 0 aliphatic heterocycles. The van der Waals surface area contributed by atoms with Crippen LogP contribution in [-0.2, 0) is 4.79 Å². The molecule has 26 heavy (non-hydrogen) atoms. The second-order valence-electron chi connectivity index (χ2n) is 6.00. The molecule has 0 unspecified atom stereocenters. The van der Waals surface area contributed by atoms with Gasteiger partial charge in [0.05, 0.1) is 10.7 Å². The first-order valence-electron chi connectivity index (χ1n) is 8.23. The van der Waals surface area contributed by atoms with Gasteiger partial charge in [0.25, 0.3) is 10.9 Å². The van der Waals surface area contributed by atoms with Crippen molar-refractivity contribution < 1.29 is 14.1 Å². The van der Waals surface area contributed by atoms with Crippen LogP contribution in [0.4, 0.5) is 11.4 Å². The van der Waals surface area contributed by atoms with Crippen LogP contribution in [0.25, 0.3) is 0 Å². The number of hydrogen-bond acceptors (Lipinski definition) is 7. The number of nitro benzene ring substituents is 1. The molecule has 0 radical (unpaired) electrons. The highest BCUT2D eigenvalue weighted by molar-refractivity contribution is 7.99. The fourth-order valence-corrected chi connectivity index (χ4v) is 3.60. The molecule has 138 valence electrons. The third kappa shape index (κ3) is 4.73. The summed E-state index contributed by atoms with van der Waals surface area (Å²) < 4.78 is 5.64. The van der Waals surface area contributed by atoms with E-state index < -0.39 is 4.92 Å². The molecule has 8 nitrogen and oxygen atoms in total. The molecule has 1 aliphatic carbocycles. The number of hydrogen-bond donors (Lipinski definition) is 1. The lowest BCUT2D eigenvalue weighted by molar-refractivity contribution is -0.384. The highest BCUT2D eigenvalue weighted by Gasteiger charge is 2.21. The quantitative estimate of drug-likeness (QED) is 0.437. The molecule has 1 fully saturated rings. The van der Waals surface area contributed by atoms with Crippen molar-refractivity contribution in [1.29, 1.82) is 0 Å². The van der Waals surface area contributed by atoms with Gasteiger partial charge in [0.1, 0.15) is 5.02 Å². The molecule has 1 N–H and O–H groups in total. The van der Waals surface area contributed by atoms with E-state index in [1.165, 1.54) is 37.5 Å². The number of carbonyl (C=O) groups is 1. The number of amides is 1. The molecule has 2 aromatic rings. The van der Waals surface area contributed by atoms with E-state index in [-0.39, 0.29) is 22.4 Å². The predicted molar refractivity (Wildman–Crippen MR) is 97.6 cm³/mol. The summed E-state index contributed by atoms with van der Waals surface area (Å²) in [5.41, 5.74) is 0.0475. The average Bonchev–Trinajstić information content (AvgIpc) is 3.11. The minimum Gasteiger partial charge on any atom is -0.416 e. The van der Waals surface area contributed by atoms with Gasteiger partial charge >= 0.3 is 0 Å². The Morgan fingerprint density at radius 1 is 1.35 bits per heavy atom. The van der Waals surface area contributed by atoms with E-state index in [1.54, 1.807) is 0 Å². The Hall–Kier alpha value is -2.13. The summed E-state index contributed by atoms with van der Waals surface area (Å²) in [6.07, 6.45) is 5.70. The minimum absolute atomic E-state index is 0.0171. The summed E-state index contributed by atoms with van der Waals surface area (Å²) in [6, 6.07) is 4.10. The van der Waals surface area contributed by atoms with Crippen molar-refractivity contribution in [3.63, 3.8) is 0 Å². The SMILES string of the molecule is O=C(CSc1nnc(C2CCCCC2)o1)Nc1ccc(Cl)c([N+](=O)[O-])c1. The first-order valence-corrected chi connectivity index (χ1v) is 9.59. The van der Waals surface area contributed by atoms with Gasteiger partial charge in [-0.05, 0) is 25.0 Å². The van der Waals surface area contributed by atoms with E-state index in [0.29, 0.717) is 22.7 Å². The van der Waals surface area contributed by atoms with Crippen LogP contribution >= 0.6 is 23.4 Å². The lowest BCUT2D eigenvalue weighted by atomic mass is 9.89. The highest BCUT2D eigenvalue weighted by Crippen LogP contribution is 2.33. The zero-order valence-corrected chi connectivity index (χ0v) is 15.4. The predicted octanol–water partition coefficient (Wildman–Crippen LogP) is 4.41. The fourth-order valence-electron chi connectivity index (χ4n) is 2.85. The zero-order chi connectivity index (χ0) is 18.5. The largest absolute Gasteiger partial charge is 0.416 e. The Kier molecular flexibility index (Phi) is 6.10. The summed E-state index contributed by atoms with van der Waals surface area (Å²) in [7, 11) is 0. The standard InChI is InChI=1S/C16H17ClN4O4S/c17-12-7-6-11(8-13(12)21(23)24)18-14(22)9-26-16-20-19-15(25-16)10-4-2-1-3-5-10/h6-8,10H,1-5,9H2,(H,18,22). The number of nitrogens with zero attached hydrogens (tertiary/aromatic N) is 3. The number of rotatable bonds is 6. The van der Waals surface area contributed by atoms with Crippen LogP contribution in [0.15, 0.2) is 27.8 Å². The van der Waals surface area contributed by atoms with Crippen LogP contribution in [0.5, 0.6) is 0 Å². The average molecular weight is 397 g/mol. The number of aromatic nitrogens is 2. The molecule has 1 aliphatic rings. The Morgan fingerprint density at radius 2 is 2.12 bits per heavy atom. The van der Waals surface area contributed by atoms with Crippen molar-refractivity contribution in [2.24, 2.45) is 0 Å². The second kappa shape index (κ2) is 8.50. The van der Waals surface area contributed by atoms with Gasteiger partial charge in [0, 0.05) is 17.7 Å². The Morgan fingerprint density at radius 3 is 2.85 bits per heavy atom. The summed E-state index contributed by atoms with van der Waals surface area (Å²) in [5.74, 6) is 0.682. The summed E-state index contributed by atoms with van der Waals surface area (Å²) in [4.78, 5) is 22.3. The molecule has 1 heterocycles. The molecule has 3 rings (SSSR count). The molecule has 0 saturated heterocycles. The molecule has 1 aromatic carbocycles. The molecule has 0 atom stereocenters. The van der Waals surface area contributed by atoms with E-state index in [2.05, 4.69) is 15.5 Å². The molecular weight excluding hydrogens is 380 g/mol. The molecule has 1 aromatic heterocycles. The van der Waals surface area contributed by atoms with Gasteiger partial charge < -0.3 is 9.73 Å². The summed E-state index contributed by atoms with van der Waals surface area (Å²) in [5, 5.41) is 21.9. The van der Waals surface area contributed by atoms with Gasteiger partial charge in [-0.25, -0.2) is 0 Å². The second-order valence-corrected chi connectivity index (χ2v) is 7.34. The maximum absolute atomic E-state index is 12.0. The first kappa shape index (κ1) is 18.7. The van der Waals surface area contributed by atoms with E-state index in [4.69, 9.17) is 16.0 Å². The topological polar surface area (TPSA) is 111 Å². The van der Waals surface area contributed by atoms with Crippen molar-refractivity contribution in [3.8, 4) is 0 Å². The van der Waals surface area contributed by atoms with Crippen LogP contribution in [0.1, 0.15) is 43.9 Å². The Bertz CT molecular complexity index is 807. The van der Waals surface area contributed by atoms with Gasteiger partial charge in [0.15, 0.2) is 0 Å². The lowest BCUT2D eigenvalue weighted by Gasteiger charge is -2.17. The number of halogens is 1. The van der Waals surface area contributed by atoms with E-state index in [9.17, 15) is 14.9 Å². The molecule has 1 saturated carbocycles. The van der Waals surface area contributed by atoms with Crippen molar-refractivity contribution in [3.05, 3.63) is 39.2 Å². The van der Waals surface area contributed by atoms with Crippen molar-refractivity contribution >= 4 is 40.6 Å². The third-order valence-corrected chi connectivity index (χ3v) is 5.27. The molecule has 10 heteroatoms. The van der Waals surface area contributed by atoms with E-state index in [0.717, 1.165) is 24.6 Å². The van der Waals surface area contributed by atoms with Crippen LogP contribution in [0, 0.1) is 10.1 Å². The number of thioether (sulfide) groups is 1. The number of carbonyl (C=O) groups excluding carboxylic acids is 1. The Balaban J connectivity index is 1.53. The van der Waals surface area contributed by atoms with Gasteiger partial charge in [-0.3, -0.25) is 14.9 Å². The number of benzene rings is 1. The van der Waals surface area contributed by atoms with Gasteiger partial charge in [-0.2, -0.15) is 0 Å². The minimum atomic E-state index is -0.599. The van der Waals surface area contributed by atoms with Gasteiger partial charge in [-0.1, -0.05) is 42.6 Å². The van der Waals surface area contributed by atoms with Crippen molar-refractivity contribution in [2.75, 3.05) is 11.1 Å². The van der Waals surface area contributed by atoms with Crippen molar-refractivity contribution in [1.82, 2.24) is 10.2 Å². The van der Waals surface area contributed by atoms with Crippen LogP contribution in [0.3, 0.4) is 0 Å². The van der Waals surface area contributed by atoms with Crippen LogP contribution in [0.2, 0.25) is 5.02 Å². The van der Waals surface area contributed by atoms with Crippen molar-refractivity contribution in [2.45, 2.75) is 43.2 Å². The monoisotopic (exact) mass is 396 g/mol. The zero-order valence-electron chi connectivity index (χ0n) is 13.8. The maximum Gasteiger partial charge on any atom is 0.289 e. The van der Waals surface area contributed by atoms with E-state index >= 15 is 0 Å². The van der Waals surface area contributed by atoms with Crippen LogP contribution in [-0.4, -0.2) is 26.8 Å². The highest BCUT2D eigenvalue weighted by atomic mass is 35.5. The molecule has 0 bridgehead atoms. The summed E-state index contributed by atoms with van der Waals surface area (Å²) in [6.45, 7) is 0. The Labute approximate surface area is 158 Å². The van der Waals surface area contributed by atoms with E-state index in [1.807, 2.05) is 0 Å². The fraction of sp³-hybridized carbons (Fsp3) is 0.438. The van der Waals surface area contributed by atoms with Gasteiger partial charge in [0.2, 0.25) is 11.8 Å². The third-order valence-electron chi connectivity index (χ3n) is 4.13. The number of nitro groups is 1. The maximum atomic E-state index is 12.0. The smallest absolute Gasteiger partial charge is 0.289 e. The number of nitrogens with one attached hydrogen (secondary N) is 1. The molecule has 0 spiro atoms. The number of anilines is 1. The van der Waals surface area contributed by atoms with Gasteiger partial charge in [-0.15, -0.1) is 10.2 Å². The molecular formula is C16H17ClN4O4S. The first-order chi connectivity index (χ1) is 12.5. The normalized spacial score (nSPS) is 15.0. The summed E-state index contributed by atoms with van der Waals surface area (Å²) >= 11 is 6.88. The lowest BCUT2D eigenvalue weighted by Crippen LogP contribution is -2.14.